The molecular formula is C24H24F4N6OS. The molecule has 0 spiro atoms. The lowest BCUT2D eigenvalue weighted by atomic mass is 9.90. The van der Waals surface area contributed by atoms with E-state index in [9.17, 15) is 22.4 Å². The number of anilines is 3. The highest BCUT2D eigenvalue weighted by molar-refractivity contribution is 7.99. The largest absolute Gasteiger partial charge is 0.405 e. The second kappa shape index (κ2) is 9.30. The molecule has 3 N–H and O–H groups in total. The maximum atomic E-state index is 15.0. The van der Waals surface area contributed by atoms with Crippen LogP contribution >= 0.6 is 11.8 Å². The van der Waals surface area contributed by atoms with Gasteiger partial charge in [-0.05, 0) is 56.0 Å². The van der Waals surface area contributed by atoms with Crippen LogP contribution in [0.3, 0.4) is 0 Å². The molecule has 0 atom stereocenters. The number of alkyl halides is 4. The van der Waals surface area contributed by atoms with Crippen molar-refractivity contribution in [3.8, 4) is 0 Å². The number of nitrogens with zero attached hydrogens (tertiary/aromatic N) is 3. The molecule has 1 amide bonds. The standard InChI is InChI=1S/C24H24F4N6OS/c1-14-8-20(33-32-14)30-19-9-17(34-12-23(25,13-34)16-4-5-16)10-21(31-19)36-18-6-2-15(3-7-18)22(35)29-11-24(26,27)28/h2-3,6-10,16H,4-5,11-13H2,1H3,(H,29,35)(H2,30,31,32,33). The molecule has 3 heterocycles. The molecule has 12 heteroatoms. The Balaban J connectivity index is 1.32. The Morgan fingerprint density at radius 1 is 1.17 bits per heavy atom. The Bertz CT molecular complexity index is 1250. The minimum Gasteiger partial charge on any atom is -0.365 e. The minimum absolute atomic E-state index is 0.126. The number of carbonyl (C=O) groups excluding carboxylic acids is 1. The first-order valence-corrected chi connectivity index (χ1v) is 12.3. The number of H-pyrrole nitrogens is 1. The van der Waals surface area contributed by atoms with Gasteiger partial charge >= 0.3 is 6.18 Å². The highest BCUT2D eigenvalue weighted by atomic mass is 32.2. The molecule has 0 radical (unpaired) electrons. The molecule has 1 aromatic carbocycles. The number of rotatable bonds is 8. The second-order valence-corrected chi connectivity index (χ2v) is 10.3. The number of hydrogen-bond donors (Lipinski definition) is 3. The third kappa shape index (κ3) is 5.75. The van der Waals surface area contributed by atoms with Crippen molar-refractivity contribution in [2.24, 2.45) is 5.92 Å². The average Bonchev–Trinajstić information content (AvgIpc) is 3.58. The number of aryl methyl sites for hydroxylation is 1. The van der Waals surface area contributed by atoms with Crippen molar-refractivity contribution in [2.45, 2.75) is 41.5 Å². The monoisotopic (exact) mass is 520 g/mol. The Kier molecular flexibility index (Phi) is 6.31. The van der Waals surface area contributed by atoms with E-state index < -0.39 is 24.3 Å². The van der Waals surface area contributed by atoms with Crippen molar-refractivity contribution in [1.29, 1.82) is 0 Å². The first-order valence-electron chi connectivity index (χ1n) is 11.4. The van der Waals surface area contributed by atoms with Crippen LogP contribution in [0.15, 0.2) is 52.4 Å². The summed E-state index contributed by atoms with van der Waals surface area (Å²) in [5.41, 5.74) is 0.712. The van der Waals surface area contributed by atoms with Gasteiger partial charge in [0.15, 0.2) is 5.82 Å². The maximum absolute atomic E-state index is 15.0. The van der Waals surface area contributed by atoms with Gasteiger partial charge in [0.1, 0.15) is 23.1 Å². The number of aromatic amines is 1. The van der Waals surface area contributed by atoms with E-state index in [0.717, 1.165) is 29.1 Å². The van der Waals surface area contributed by atoms with Gasteiger partial charge in [0.05, 0.1) is 13.1 Å². The van der Waals surface area contributed by atoms with Crippen LogP contribution in [0.1, 0.15) is 28.9 Å². The number of hydrogen-bond acceptors (Lipinski definition) is 6. The summed E-state index contributed by atoms with van der Waals surface area (Å²) in [6.07, 6.45) is -2.59. The molecule has 3 aromatic rings. The van der Waals surface area contributed by atoms with Crippen molar-refractivity contribution < 1.29 is 22.4 Å². The number of halogens is 4. The second-order valence-electron chi connectivity index (χ2n) is 9.20. The van der Waals surface area contributed by atoms with Gasteiger partial charge in [-0.15, -0.1) is 0 Å². The highest BCUT2D eigenvalue weighted by Gasteiger charge is 2.54. The number of benzene rings is 1. The molecule has 1 saturated heterocycles. The summed E-state index contributed by atoms with van der Waals surface area (Å²) in [5.74, 6) is 0.505. The van der Waals surface area contributed by atoms with Crippen LogP contribution in [-0.2, 0) is 0 Å². The predicted molar refractivity (Wildman–Crippen MR) is 129 cm³/mol. The smallest absolute Gasteiger partial charge is 0.365 e. The van der Waals surface area contributed by atoms with Crippen LogP contribution in [0, 0.1) is 12.8 Å². The number of nitrogens with one attached hydrogen (secondary N) is 3. The van der Waals surface area contributed by atoms with Crippen LogP contribution in [-0.4, -0.2) is 52.6 Å². The fraction of sp³-hybridized carbons (Fsp3) is 0.375. The summed E-state index contributed by atoms with van der Waals surface area (Å²) in [6.45, 7) is 1.18. The Labute approximate surface area is 209 Å². The fourth-order valence-corrected chi connectivity index (χ4v) is 4.95. The predicted octanol–water partition coefficient (Wildman–Crippen LogP) is 5.24. The molecule has 2 aliphatic rings. The zero-order chi connectivity index (χ0) is 25.5. The lowest BCUT2D eigenvalue weighted by Gasteiger charge is -2.46. The van der Waals surface area contributed by atoms with Crippen molar-refractivity contribution in [3.05, 3.63) is 53.7 Å². The first kappa shape index (κ1) is 24.4. The van der Waals surface area contributed by atoms with Crippen LogP contribution in [0.2, 0.25) is 0 Å². The average molecular weight is 521 g/mol. The first-order chi connectivity index (χ1) is 17.1. The van der Waals surface area contributed by atoms with Gasteiger partial charge in [0, 0.05) is 34.0 Å². The normalized spacial score (nSPS) is 17.0. The topological polar surface area (TPSA) is 85.9 Å². The summed E-state index contributed by atoms with van der Waals surface area (Å²) in [7, 11) is 0. The minimum atomic E-state index is -4.47. The van der Waals surface area contributed by atoms with Crippen LogP contribution in [0.25, 0.3) is 0 Å². The van der Waals surface area contributed by atoms with E-state index in [1.807, 2.05) is 35.3 Å². The molecule has 7 nitrogen and oxygen atoms in total. The van der Waals surface area contributed by atoms with Crippen molar-refractivity contribution >= 4 is 35.0 Å². The van der Waals surface area contributed by atoms with E-state index in [1.165, 1.54) is 23.9 Å². The summed E-state index contributed by atoms with van der Waals surface area (Å²) in [6, 6.07) is 11.8. The van der Waals surface area contributed by atoms with Gasteiger partial charge in [-0.1, -0.05) is 11.8 Å². The molecule has 1 aliphatic heterocycles. The lowest BCUT2D eigenvalue weighted by Crippen LogP contribution is -2.60. The SMILES string of the molecule is Cc1cc(Nc2cc(N3CC(F)(C4CC4)C3)cc(Sc3ccc(C(=O)NCC(F)(F)F)cc3)n2)n[nH]1. The molecule has 2 fully saturated rings. The van der Waals surface area contributed by atoms with Crippen molar-refractivity contribution in [1.82, 2.24) is 20.5 Å². The molecule has 0 bridgehead atoms. The zero-order valence-electron chi connectivity index (χ0n) is 19.3. The van der Waals surface area contributed by atoms with E-state index in [2.05, 4.69) is 20.5 Å². The van der Waals surface area contributed by atoms with E-state index in [1.54, 1.807) is 12.1 Å². The van der Waals surface area contributed by atoms with Gasteiger partial charge in [-0.3, -0.25) is 9.89 Å². The van der Waals surface area contributed by atoms with E-state index in [4.69, 9.17) is 0 Å². The van der Waals surface area contributed by atoms with Crippen LogP contribution in [0.4, 0.5) is 34.9 Å². The lowest BCUT2D eigenvalue weighted by molar-refractivity contribution is -0.123. The molecule has 36 heavy (non-hydrogen) atoms. The summed E-state index contributed by atoms with van der Waals surface area (Å²) in [5, 5.41) is 12.7. The van der Waals surface area contributed by atoms with Crippen LogP contribution in [0.5, 0.6) is 0 Å². The summed E-state index contributed by atoms with van der Waals surface area (Å²) >= 11 is 1.33. The highest BCUT2D eigenvalue weighted by Crippen LogP contribution is 2.48. The number of amides is 1. The Hall–Kier alpha value is -3.28. The Morgan fingerprint density at radius 2 is 1.89 bits per heavy atom. The quantitative estimate of drug-likeness (QED) is 0.353. The zero-order valence-corrected chi connectivity index (χ0v) is 20.1. The van der Waals surface area contributed by atoms with Crippen molar-refractivity contribution in [2.75, 3.05) is 29.9 Å². The Morgan fingerprint density at radius 3 is 2.50 bits per heavy atom. The molecule has 2 aromatic heterocycles. The number of aromatic nitrogens is 3. The fourth-order valence-electron chi connectivity index (χ4n) is 4.11. The maximum Gasteiger partial charge on any atom is 0.405 e. The van der Waals surface area contributed by atoms with Gasteiger partial charge in [-0.2, -0.15) is 18.3 Å². The van der Waals surface area contributed by atoms with E-state index in [0.29, 0.717) is 29.8 Å². The molecule has 1 aliphatic carbocycles. The molecule has 1 saturated carbocycles. The third-order valence-corrected chi connectivity index (χ3v) is 7.04. The van der Waals surface area contributed by atoms with Crippen LogP contribution < -0.4 is 15.5 Å². The number of carbonyl (C=O) groups is 1. The summed E-state index contributed by atoms with van der Waals surface area (Å²) in [4.78, 5) is 19.3. The molecule has 5 rings (SSSR count). The third-order valence-electron chi connectivity index (χ3n) is 6.12. The van der Waals surface area contributed by atoms with E-state index in [-0.39, 0.29) is 11.5 Å². The molecule has 190 valence electrons. The van der Waals surface area contributed by atoms with Gasteiger partial charge in [0.2, 0.25) is 0 Å². The van der Waals surface area contributed by atoms with Gasteiger partial charge in [0.25, 0.3) is 5.91 Å². The van der Waals surface area contributed by atoms with Gasteiger partial charge < -0.3 is 15.5 Å². The summed E-state index contributed by atoms with van der Waals surface area (Å²) < 4.78 is 52.0. The molecule has 0 unspecified atom stereocenters. The van der Waals surface area contributed by atoms with Crippen molar-refractivity contribution in [3.63, 3.8) is 0 Å². The molecular weight excluding hydrogens is 496 g/mol. The number of pyridine rings is 1. The van der Waals surface area contributed by atoms with Gasteiger partial charge in [-0.25, -0.2) is 9.37 Å². The van der Waals surface area contributed by atoms with E-state index >= 15 is 0 Å².